The van der Waals surface area contributed by atoms with Crippen molar-refractivity contribution in [3.8, 4) is 0 Å². The highest BCUT2D eigenvalue weighted by Gasteiger charge is 2.53. The zero-order valence-electron chi connectivity index (χ0n) is 15.4. The number of likely N-dealkylation sites (tertiary alicyclic amines) is 1. The molecule has 1 aliphatic heterocycles. The van der Waals surface area contributed by atoms with Gasteiger partial charge in [0.1, 0.15) is 5.82 Å². The van der Waals surface area contributed by atoms with Crippen molar-refractivity contribution in [3.63, 3.8) is 0 Å². The average molecular weight is 387 g/mol. The van der Waals surface area contributed by atoms with Crippen LogP contribution in [-0.4, -0.2) is 36.0 Å². The summed E-state index contributed by atoms with van der Waals surface area (Å²) in [5, 5.41) is 4.33. The van der Waals surface area contributed by atoms with Gasteiger partial charge in [0, 0.05) is 41.2 Å². The molecule has 2 aromatic rings. The number of benzene rings is 2. The Bertz CT molecular complexity index is 832. The summed E-state index contributed by atoms with van der Waals surface area (Å²) in [5.41, 5.74) is 1.36. The van der Waals surface area contributed by atoms with Crippen molar-refractivity contribution in [1.29, 1.82) is 0 Å². The molecule has 0 spiro atoms. The summed E-state index contributed by atoms with van der Waals surface area (Å²) >= 11 is 5.90. The van der Waals surface area contributed by atoms with Crippen LogP contribution in [0.3, 0.4) is 0 Å². The van der Waals surface area contributed by atoms with Crippen molar-refractivity contribution in [1.82, 2.24) is 10.2 Å². The van der Waals surface area contributed by atoms with Crippen LogP contribution in [0.15, 0.2) is 48.5 Å². The van der Waals surface area contributed by atoms with Gasteiger partial charge in [0.25, 0.3) is 5.91 Å². The van der Waals surface area contributed by atoms with E-state index in [-0.39, 0.29) is 17.1 Å². The number of hydrogen-bond donors (Lipinski definition) is 1. The average Bonchev–Trinajstić information content (AvgIpc) is 3.33. The van der Waals surface area contributed by atoms with Crippen LogP contribution in [0.5, 0.6) is 0 Å². The van der Waals surface area contributed by atoms with Crippen molar-refractivity contribution >= 4 is 17.5 Å². The van der Waals surface area contributed by atoms with E-state index in [2.05, 4.69) is 12.2 Å². The van der Waals surface area contributed by atoms with E-state index >= 15 is 0 Å². The fourth-order valence-electron chi connectivity index (χ4n) is 4.14. The van der Waals surface area contributed by atoms with E-state index in [0.717, 1.165) is 37.9 Å². The molecule has 0 aromatic heterocycles. The molecule has 2 fully saturated rings. The Hall–Kier alpha value is -1.91. The SMILES string of the molecule is C[C@@]1(c2ccccc2F)C[C@@H]1NC1CCN(C(=O)c2ccc(Cl)cc2)CC1. The lowest BCUT2D eigenvalue weighted by Gasteiger charge is -2.33. The molecule has 1 saturated heterocycles. The molecule has 4 rings (SSSR count). The Morgan fingerprint density at radius 1 is 1.15 bits per heavy atom. The fraction of sp³-hybridized carbons (Fsp3) is 0.409. The number of carbonyl (C=O) groups excluding carboxylic acids is 1. The van der Waals surface area contributed by atoms with Gasteiger partial charge in [-0.3, -0.25) is 4.79 Å². The molecule has 0 bridgehead atoms. The van der Waals surface area contributed by atoms with Crippen LogP contribution in [0.2, 0.25) is 5.02 Å². The molecule has 142 valence electrons. The monoisotopic (exact) mass is 386 g/mol. The third-order valence-corrected chi connectivity index (χ3v) is 6.29. The third-order valence-electron chi connectivity index (χ3n) is 6.04. The van der Waals surface area contributed by atoms with Gasteiger partial charge in [-0.15, -0.1) is 0 Å². The molecule has 2 aliphatic rings. The third kappa shape index (κ3) is 3.74. The second-order valence-corrected chi connectivity index (χ2v) is 8.33. The van der Waals surface area contributed by atoms with Gasteiger partial charge in [-0.2, -0.15) is 0 Å². The maximum absolute atomic E-state index is 14.1. The van der Waals surface area contributed by atoms with Gasteiger partial charge in [0.05, 0.1) is 0 Å². The first-order valence-corrected chi connectivity index (χ1v) is 9.91. The lowest BCUT2D eigenvalue weighted by Crippen LogP contribution is -2.46. The van der Waals surface area contributed by atoms with Gasteiger partial charge in [-0.25, -0.2) is 4.39 Å². The molecule has 1 amide bonds. The number of halogens is 2. The Kier molecular flexibility index (Phi) is 4.95. The van der Waals surface area contributed by atoms with Crippen LogP contribution < -0.4 is 5.32 Å². The van der Waals surface area contributed by atoms with Gasteiger partial charge < -0.3 is 10.2 Å². The maximum atomic E-state index is 14.1. The van der Waals surface area contributed by atoms with E-state index < -0.39 is 0 Å². The molecule has 2 atom stereocenters. The Labute approximate surface area is 164 Å². The van der Waals surface area contributed by atoms with E-state index in [9.17, 15) is 9.18 Å². The van der Waals surface area contributed by atoms with Crippen molar-refractivity contribution in [2.24, 2.45) is 0 Å². The number of amides is 1. The summed E-state index contributed by atoms with van der Waals surface area (Å²) in [6, 6.07) is 14.8. The number of carbonyl (C=O) groups is 1. The normalized spacial score (nSPS) is 25.4. The van der Waals surface area contributed by atoms with Crippen molar-refractivity contribution in [2.45, 2.75) is 43.7 Å². The molecule has 5 heteroatoms. The van der Waals surface area contributed by atoms with Crippen LogP contribution in [-0.2, 0) is 5.41 Å². The number of nitrogens with one attached hydrogen (secondary N) is 1. The predicted molar refractivity (Wildman–Crippen MR) is 106 cm³/mol. The van der Waals surface area contributed by atoms with Gasteiger partial charge in [-0.05, 0) is 55.2 Å². The second kappa shape index (κ2) is 7.25. The predicted octanol–water partition coefficient (Wildman–Crippen LogP) is 4.40. The first kappa shape index (κ1) is 18.5. The molecular formula is C22H24ClFN2O. The molecule has 27 heavy (non-hydrogen) atoms. The first-order valence-electron chi connectivity index (χ1n) is 9.53. The zero-order valence-corrected chi connectivity index (χ0v) is 16.2. The molecule has 1 N–H and O–H groups in total. The minimum atomic E-state index is -0.123. The number of rotatable bonds is 4. The molecule has 3 nitrogen and oxygen atoms in total. The molecular weight excluding hydrogens is 363 g/mol. The highest BCUT2D eigenvalue weighted by molar-refractivity contribution is 6.30. The first-order chi connectivity index (χ1) is 13.0. The summed E-state index contributed by atoms with van der Waals surface area (Å²) in [5.74, 6) is -0.0552. The van der Waals surface area contributed by atoms with Gasteiger partial charge in [-0.1, -0.05) is 36.7 Å². The lowest BCUT2D eigenvalue weighted by atomic mass is 9.96. The van der Waals surface area contributed by atoms with Gasteiger partial charge in [0.15, 0.2) is 0 Å². The van der Waals surface area contributed by atoms with Gasteiger partial charge in [0.2, 0.25) is 0 Å². The molecule has 2 aromatic carbocycles. The largest absolute Gasteiger partial charge is 0.339 e. The Morgan fingerprint density at radius 3 is 2.48 bits per heavy atom. The van der Waals surface area contributed by atoms with Crippen molar-refractivity contribution < 1.29 is 9.18 Å². The highest BCUT2D eigenvalue weighted by atomic mass is 35.5. The van der Waals surface area contributed by atoms with Crippen LogP contribution >= 0.6 is 11.6 Å². The minimum Gasteiger partial charge on any atom is -0.339 e. The van der Waals surface area contributed by atoms with Crippen LogP contribution in [0.1, 0.15) is 42.1 Å². The van der Waals surface area contributed by atoms with Crippen LogP contribution in [0.25, 0.3) is 0 Å². The fourth-order valence-corrected chi connectivity index (χ4v) is 4.26. The topological polar surface area (TPSA) is 32.3 Å². The van der Waals surface area contributed by atoms with Crippen LogP contribution in [0, 0.1) is 5.82 Å². The zero-order chi connectivity index (χ0) is 19.0. The number of piperidine rings is 1. The van der Waals surface area contributed by atoms with Crippen LogP contribution in [0.4, 0.5) is 4.39 Å². The Morgan fingerprint density at radius 2 is 1.81 bits per heavy atom. The molecule has 1 saturated carbocycles. The summed E-state index contributed by atoms with van der Waals surface area (Å²) < 4.78 is 14.1. The Balaban J connectivity index is 1.31. The number of hydrogen-bond acceptors (Lipinski definition) is 2. The molecule has 0 unspecified atom stereocenters. The summed E-state index contributed by atoms with van der Waals surface area (Å²) in [6.45, 7) is 3.60. The van der Waals surface area contributed by atoms with Crippen molar-refractivity contribution in [3.05, 3.63) is 70.5 Å². The molecule has 1 aliphatic carbocycles. The van der Waals surface area contributed by atoms with E-state index in [4.69, 9.17) is 11.6 Å². The summed E-state index contributed by atoms with van der Waals surface area (Å²) in [6.07, 6.45) is 2.80. The highest BCUT2D eigenvalue weighted by Crippen LogP contribution is 2.49. The second-order valence-electron chi connectivity index (χ2n) is 7.89. The molecule has 1 heterocycles. The van der Waals surface area contributed by atoms with Crippen molar-refractivity contribution in [2.75, 3.05) is 13.1 Å². The minimum absolute atomic E-state index is 0.0627. The quantitative estimate of drug-likeness (QED) is 0.844. The lowest BCUT2D eigenvalue weighted by molar-refractivity contribution is 0.0704. The maximum Gasteiger partial charge on any atom is 0.253 e. The summed E-state index contributed by atoms with van der Waals surface area (Å²) in [7, 11) is 0. The van der Waals surface area contributed by atoms with E-state index in [1.807, 2.05) is 17.0 Å². The van der Waals surface area contributed by atoms with E-state index in [1.165, 1.54) is 6.07 Å². The standard InChI is InChI=1S/C22H24ClFN2O/c1-22(18-4-2-3-5-19(18)24)14-20(22)25-17-10-12-26(13-11-17)21(27)15-6-8-16(23)9-7-15/h2-9,17,20,25H,10-14H2,1H3/t20-,22-/m0/s1. The molecule has 0 radical (unpaired) electrons. The van der Waals surface area contributed by atoms with Gasteiger partial charge >= 0.3 is 0 Å². The number of nitrogens with zero attached hydrogens (tertiary/aromatic N) is 1. The van der Waals surface area contributed by atoms with E-state index in [0.29, 0.717) is 22.7 Å². The summed E-state index contributed by atoms with van der Waals surface area (Å²) in [4.78, 5) is 14.5. The smallest absolute Gasteiger partial charge is 0.253 e. The van der Waals surface area contributed by atoms with E-state index in [1.54, 1.807) is 30.3 Å².